The number of benzene rings is 1. The van der Waals surface area contributed by atoms with Gasteiger partial charge in [-0.2, -0.15) is 5.10 Å². The van der Waals surface area contributed by atoms with Crippen LogP contribution in [0.25, 0.3) is 5.69 Å². The number of nitrogens with zero attached hydrogens (tertiary/aromatic N) is 6. The average molecular weight is 497 g/mol. The fourth-order valence-corrected chi connectivity index (χ4v) is 4.90. The van der Waals surface area contributed by atoms with Crippen LogP contribution in [-0.4, -0.2) is 47.7 Å². The number of amides is 1. The fraction of sp³-hybridized carbons (Fsp3) is 0.480. The molecule has 1 aliphatic carbocycles. The number of carbonyl (C=O) groups is 1. The Bertz CT molecular complexity index is 1200. The van der Waals surface area contributed by atoms with Gasteiger partial charge in [0.1, 0.15) is 17.5 Å². The largest absolute Gasteiger partial charge is 0.473 e. The molecule has 0 bridgehead atoms. The summed E-state index contributed by atoms with van der Waals surface area (Å²) in [4.78, 5) is 14.6. The highest BCUT2D eigenvalue weighted by molar-refractivity contribution is 6.30. The van der Waals surface area contributed by atoms with Gasteiger partial charge < -0.3 is 9.47 Å². The normalized spacial score (nSPS) is 19.9. The minimum atomic E-state index is -0.592. The maximum absolute atomic E-state index is 13.0. The van der Waals surface area contributed by atoms with Gasteiger partial charge in [-0.05, 0) is 76.3 Å². The van der Waals surface area contributed by atoms with Crippen molar-refractivity contribution in [3.63, 3.8) is 0 Å². The first-order chi connectivity index (χ1) is 16.8. The zero-order valence-electron chi connectivity index (χ0n) is 20.1. The standard InChI is InChI=1S/C25H29ClN6O3/c1-25(2,3)35-24(33)31-14-17-13-18(26)8-11-20(17)32-21(15-31)28-30-23(32)16-6-9-19(10-7-16)34-22-5-4-12-27-29-22/h4-5,8,11-13,16,19H,6-7,9-10,14-15H2,1-3H3/t16-,19-. The summed E-state index contributed by atoms with van der Waals surface area (Å²) in [5.74, 6) is 2.41. The number of aromatic nitrogens is 5. The lowest BCUT2D eigenvalue weighted by molar-refractivity contribution is 0.0214. The first-order valence-electron chi connectivity index (χ1n) is 11.9. The van der Waals surface area contributed by atoms with Crippen molar-refractivity contribution in [1.82, 2.24) is 29.9 Å². The molecular formula is C25H29ClN6O3. The molecule has 1 amide bonds. The lowest BCUT2D eigenvalue weighted by Crippen LogP contribution is -2.35. The van der Waals surface area contributed by atoms with Crippen molar-refractivity contribution in [2.75, 3.05) is 0 Å². The Kier molecular flexibility index (Phi) is 6.35. The quantitative estimate of drug-likeness (QED) is 0.499. The number of fused-ring (bicyclic) bond motifs is 3. The third kappa shape index (κ3) is 5.24. The van der Waals surface area contributed by atoms with Gasteiger partial charge in [0.05, 0.1) is 18.8 Å². The molecule has 0 N–H and O–H groups in total. The smallest absolute Gasteiger partial charge is 0.411 e. The lowest BCUT2D eigenvalue weighted by atomic mass is 9.86. The summed E-state index contributed by atoms with van der Waals surface area (Å²) in [5.41, 5.74) is 1.29. The summed E-state index contributed by atoms with van der Waals surface area (Å²) in [6, 6.07) is 9.40. The Morgan fingerprint density at radius 3 is 2.57 bits per heavy atom. The molecule has 1 aliphatic heterocycles. The van der Waals surface area contributed by atoms with E-state index in [4.69, 9.17) is 21.1 Å². The van der Waals surface area contributed by atoms with E-state index in [-0.39, 0.29) is 18.1 Å². The van der Waals surface area contributed by atoms with E-state index in [9.17, 15) is 4.79 Å². The zero-order chi connectivity index (χ0) is 24.6. The van der Waals surface area contributed by atoms with Crippen LogP contribution in [0.2, 0.25) is 5.02 Å². The van der Waals surface area contributed by atoms with Gasteiger partial charge in [-0.1, -0.05) is 11.6 Å². The molecule has 2 aromatic heterocycles. The number of ether oxygens (including phenoxy) is 2. The van der Waals surface area contributed by atoms with Gasteiger partial charge in [0.2, 0.25) is 5.88 Å². The molecule has 0 spiro atoms. The average Bonchev–Trinajstić information content (AvgIpc) is 3.15. The molecule has 5 rings (SSSR count). The minimum absolute atomic E-state index is 0.100. The molecule has 1 saturated carbocycles. The highest BCUT2D eigenvalue weighted by Gasteiger charge is 2.33. The second-order valence-corrected chi connectivity index (χ2v) is 10.5. The number of halogens is 1. The number of hydrogen-bond donors (Lipinski definition) is 0. The van der Waals surface area contributed by atoms with Gasteiger partial charge >= 0.3 is 6.09 Å². The Morgan fingerprint density at radius 1 is 1.06 bits per heavy atom. The predicted molar refractivity (Wildman–Crippen MR) is 130 cm³/mol. The predicted octanol–water partition coefficient (Wildman–Crippen LogP) is 5.07. The summed E-state index contributed by atoms with van der Waals surface area (Å²) in [5, 5.41) is 17.6. The van der Waals surface area contributed by atoms with Gasteiger partial charge in [0.15, 0.2) is 5.82 Å². The van der Waals surface area contributed by atoms with Crippen LogP contribution in [0.15, 0.2) is 36.5 Å². The maximum atomic E-state index is 13.0. The van der Waals surface area contributed by atoms with E-state index in [1.807, 2.05) is 51.1 Å². The Morgan fingerprint density at radius 2 is 1.86 bits per heavy atom. The molecule has 1 aromatic carbocycles. The summed E-state index contributed by atoms with van der Waals surface area (Å²) >= 11 is 6.34. The molecule has 35 heavy (non-hydrogen) atoms. The molecule has 9 nitrogen and oxygen atoms in total. The van der Waals surface area contributed by atoms with Crippen molar-refractivity contribution in [2.45, 2.75) is 77.2 Å². The highest BCUT2D eigenvalue weighted by atomic mass is 35.5. The zero-order valence-corrected chi connectivity index (χ0v) is 20.9. The van der Waals surface area contributed by atoms with Crippen LogP contribution in [0.3, 0.4) is 0 Å². The lowest BCUT2D eigenvalue weighted by Gasteiger charge is -2.28. The van der Waals surface area contributed by atoms with E-state index < -0.39 is 5.60 Å². The fourth-order valence-electron chi connectivity index (χ4n) is 4.71. The van der Waals surface area contributed by atoms with Crippen LogP contribution >= 0.6 is 11.6 Å². The SMILES string of the molecule is CC(C)(C)OC(=O)N1Cc2cc(Cl)ccc2-n2c(nnc2[C@H]2CC[C@H](Oc3cccnn3)CC2)C1. The second-order valence-electron chi connectivity index (χ2n) is 10.1. The van der Waals surface area contributed by atoms with E-state index in [1.165, 1.54) is 0 Å². The van der Waals surface area contributed by atoms with Gasteiger partial charge in [-0.3, -0.25) is 9.47 Å². The maximum Gasteiger partial charge on any atom is 0.411 e. The van der Waals surface area contributed by atoms with Crippen molar-refractivity contribution >= 4 is 17.7 Å². The van der Waals surface area contributed by atoms with Gasteiger partial charge in [-0.15, -0.1) is 15.3 Å². The van der Waals surface area contributed by atoms with Crippen LogP contribution in [0.5, 0.6) is 5.88 Å². The Labute approximate surface area is 209 Å². The molecule has 0 saturated heterocycles. The van der Waals surface area contributed by atoms with E-state index in [1.54, 1.807) is 11.1 Å². The first kappa shape index (κ1) is 23.5. The third-order valence-electron chi connectivity index (χ3n) is 6.26. The summed E-state index contributed by atoms with van der Waals surface area (Å²) in [6.07, 6.45) is 4.97. The van der Waals surface area contributed by atoms with Crippen molar-refractivity contribution in [3.05, 3.63) is 58.8 Å². The van der Waals surface area contributed by atoms with Crippen molar-refractivity contribution in [2.24, 2.45) is 0 Å². The Balaban J connectivity index is 1.40. The van der Waals surface area contributed by atoms with Crippen LogP contribution in [-0.2, 0) is 17.8 Å². The van der Waals surface area contributed by atoms with Crippen molar-refractivity contribution in [1.29, 1.82) is 0 Å². The highest BCUT2D eigenvalue weighted by Crippen LogP contribution is 2.37. The van der Waals surface area contributed by atoms with Crippen molar-refractivity contribution < 1.29 is 14.3 Å². The van der Waals surface area contributed by atoms with E-state index in [2.05, 4.69) is 25.0 Å². The van der Waals surface area contributed by atoms with Gasteiger partial charge in [0, 0.05) is 23.2 Å². The van der Waals surface area contributed by atoms with Crippen LogP contribution in [0.1, 0.15) is 69.6 Å². The molecule has 10 heteroatoms. The number of carbonyl (C=O) groups excluding carboxylic acids is 1. The van der Waals surface area contributed by atoms with Crippen LogP contribution in [0.4, 0.5) is 4.79 Å². The molecule has 0 radical (unpaired) electrons. The molecule has 3 heterocycles. The summed E-state index contributed by atoms with van der Waals surface area (Å²) < 4.78 is 13.8. The minimum Gasteiger partial charge on any atom is -0.473 e. The first-order valence-corrected chi connectivity index (χ1v) is 12.3. The number of hydrogen-bond acceptors (Lipinski definition) is 7. The molecule has 2 aliphatic rings. The van der Waals surface area contributed by atoms with E-state index in [0.717, 1.165) is 42.8 Å². The molecule has 1 fully saturated rings. The Hall–Kier alpha value is -3.20. The molecule has 184 valence electrons. The second kappa shape index (κ2) is 9.45. The summed E-state index contributed by atoms with van der Waals surface area (Å²) in [6.45, 7) is 6.27. The van der Waals surface area contributed by atoms with Crippen molar-refractivity contribution in [3.8, 4) is 11.6 Å². The summed E-state index contributed by atoms with van der Waals surface area (Å²) in [7, 11) is 0. The molecular weight excluding hydrogens is 468 g/mol. The van der Waals surface area contributed by atoms with E-state index in [0.29, 0.717) is 29.8 Å². The molecule has 0 unspecified atom stereocenters. The third-order valence-corrected chi connectivity index (χ3v) is 6.49. The van der Waals surface area contributed by atoms with Crippen LogP contribution < -0.4 is 4.74 Å². The van der Waals surface area contributed by atoms with E-state index >= 15 is 0 Å². The monoisotopic (exact) mass is 496 g/mol. The molecule has 0 atom stereocenters. The number of rotatable bonds is 3. The van der Waals surface area contributed by atoms with Gasteiger partial charge in [-0.25, -0.2) is 4.79 Å². The van der Waals surface area contributed by atoms with Gasteiger partial charge in [0.25, 0.3) is 0 Å². The topological polar surface area (TPSA) is 95.3 Å². The van der Waals surface area contributed by atoms with Crippen LogP contribution in [0, 0.1) is 0 Å². The molecule has 3 aromatic rings.